The molecule has 4 heterocycles. The second-order valence-corrected chi connectivity index (χ2v) is 9.77. The highest BCUT2D eigenvalue weighted by atomic mass is 32.1. The van der Waals surface area contributed by atoms with Gasteiger partial charge in [0.1, 0.15) is 17.3 Å². The molecule has 5 rings (SSSR count). The highest BCUT2D eigenvalue weighted by Gasteiger charge is 2.35. The van der Waals surface area contributed by atoms with E-state index >= 15 is 0 Å². The molecule has 0 radical (unpaired) electrons. The third-order valence-corrected chi connectivity index (χ3v) is 6.80. The topological polar surface area (TPSA) is 113 Å². The zero-order chi connectivity index (χ0) is 25.4. The summed E-state index contributed by atoms with van der Waals surface area (Å²) in [6, 6.07) is 12.5. The van der Waals surface area contributed by atoms with Crippen molar-refractivity contribution in [2.24, 2.45) is 5.92 Å². The van der Waals surface area contributed by atoms with Gasteiger partial charge in [-0.1, -0.05) is 19.9 Å². The van der Waals surface area contributed by atoms with Gasteiger partial charge in [0.15, 0.2) is 0 Å². The number of benzene rings is 1. The van der Waals surface area contributed by atoms with Crippen molar-refractivity contribution in [1.29, 1.82) is 0 Å². The maximum Gasteiger partial charge on any atom is 0.252 e. The third kappa shape index (κ3) is 4.69. The van der Waals surface area contributed by atoms with E-state index in [4.69, 9.17) is 0 Å². The lowest BCUT2D eigenvalue weighted by Crippen LogP contribution is -2.29. The molecule has 1 saturated heterocycles. The monoisotopic (exact) mass is 506 g/mol. The van der Waals surface area contributed by atoms with Gasteiger partial charge in [-0.05, 0) is 41.6 Å². The van der Waals surface area contributed by atoms with Crippen LogP contribution in [0.25, 0.3) is 16.5 Å². The quantitative estimate of drug-likeness (QED) is 0.411. The zero-order valence-corrected chi connectivity index (χ0v) is 20.4. The molecule has 2 N–H and O–H groups in total. The highest BCUT2D eigenvalue weighted by molar-refractivity contribution is 7.13. The molecule has 0 spiro atoms. The van der Waals surface area contributed by atoms with Gasteiger partial charge in [0, 0.05) is 30.8 Å². The average molecular weight is 507 g/mol. The van der Waals surface area contributed by atoms with E-state index < -0.39 is 11.7 Å². The van der Waals surface area contributed by atoms with Crippen molar-refractivity contribution in [3.05, 3.63) is 75.8 Å². The first-order chi connectivity index (χ1) is 17.3. The molecular weight excluding hydrogens is 483 g/mol. The molecular formula is C25H23FN6O3S. The molecule has 0 bridgehead atoms. The minimum atomic E-state index is -0.620. The fraction of sp³-hybridized carbons (Fsp3) is 0.240. The predicted molar refractivity (Wildman–Crippen MR) is 135 cm³/mol. The van der Waals surface area contributed by atoms with E-state index in [0.29, 0.717) is 22.9 Å². The van der Waals surface area contributed by atoms with Crippen molar-refractivity contribution >= 4 is 34.7 Å². The molecule has 9 nitrogen and oxygen atoms in total. The molecule has 1 aliphatic rings. The van der Waals surface area contributed by atoms with Crippen LogP contribution in [0.5, 0.6) is 0 Å². The van der Waals surface area contributed by atoms with Crippen LogP contribution >= 0.6 is 11.3 Å². The van der Waals surface area contributed by atoms with Gasteiger partial charge in [-0.15, -0.1) is 11.3 Å². The highest BCUT2D eigenvalue weighted by Crippen LogP contribution is 2.30. The number of aromatic nitrogens is 4. The van der Waals surface area contributed by atoms with Crippen LogP contribution in [0.2, 0.25) is 0 Å². The fourth-order valence-corrected chi connectivity index (χ4v) is 4.70. The SMILES string of the molecule is CC(C)c1cc(=O)[nH]c(-n2nc(-c3cccs3)cc2NC(=O)C2CC(=O)N(c3ccc(F)cc3)C2)n1. The Morgan fingerprint density at radius 3 is 2.67 bits per heavy atom. The maximum absolute atomic E-state index is 13.3. The number of aromatic amines is 1. The molecule has 184 valence electrons. The number of anilines is 2. The lowest BCUT2D eigenvalue weighted by Gasteiger charge is -2.16. The first-order valence-electron chi connectivity index (χ1n) is 11.4. The first kappa shape index (κ1) is 23.6. The minimum Gasteiger partial charge on any atom is -0.312 e. The van der Waals surface area contributed by atoms with Gasteiger partial charge in [-0.3, -0.25) is 19.4 Å². The standard InChI is InChI=1S/C25H23FN6O3S/c1-14(2)18-12-22(33)29-25(27-18)32-21(11-19(30-32)20-4-3-9-36-20)28-24(35)15-10-23(34)31(13-15)17-7-5-16(26)6-8-17/h3-9,11-12,14-15H,10,13H2,1-2H3,(H,28,35)(H,27,29,33). The molecule has 3 aromatic heterocycles. The summed E-state index contributed by atoms with van der Waals surface area (Å²) < 4.78 is 14.7. The molecule has 4 aromatic rings. The Morgan fingerprint density at radius 2 is 1.97 bits per heavy atom. The molecule has 2 amide bonds. The number of thiophene rings is 1. The van der Waals surface area contributed by atoms with Gasteiger partial charge in [0.05, 0.1) is 16.5 Å². The molecule has 11 heteroatoms. The lowest BCUT2D eigenvalue weighted by molar-refractivity contribution is -0.122. The van der Waals surface area contributed by atoms with Crippen LogP contribution < -0.4 is 15.8 Å². The summed E-state index contributed by atoms with van der Waals surface area (Å²) in [6.45, 7) is 4.02. The summed E-state index contributed by atoms with van der Waals surface area (Å²) >= 11 is 1.49. The number of hydrogen-bond acceptors (Lipinski definition) is 6. The number of halogens is 1. The van der Waals surface area contributed by atoms with Crippen molar-refractivity contribution in [2.45, 2.75) is 26.2 Å². The van der Waals surface area contributed by atoms with Crippen LogP contribution in [-0.2, 0) is 9.59 Å². The van der Waals surface area contributed by atoms with E-state index in [2.05, 4.69) is 20.4 Å². The van der Waals surface area contributed by atoms with Crippen molar-refractivity contribution in [1.82, 2.24) is 19.7 Å². The third-order valence-electron chi connectivity index (χ3n) is 5.91. The Hall–Kier alpha value is -4.12. The molecule has 0 saturated carbocycles. The summed E-state index contributed by atoms with van der Waals surface area (Å²) in [5, 5.41) is 9.38. The van der Waals surface area contributed by atoms with Crippen molar-refractivity contribution in [2.75, 3.05) is 16.8 Å². The second-order valence-electron chi connectivity index (χ2n) is 8.82. The van der Waals surface area contributed by atoms with E-state index in [-0.39, 0.29) is 42.2 Å². The average Bonchev–Trinajstić information content (AvgIpc) is 3.59. The van der Waals surface area contributed by atoms with E-state index in [0.717, 1.165) is 4.88 Å². The number of nitrogens with zero attached hydrogens (tertiary/aromatic N) is 4. The van der Waals surface area contributed by atoms with Gasteiger partial charge in [-0.25, -0.2) is 9.37 Å². The number of hydrogen-bond donors (Lipinski definition) is 2. The molecule has 1 aromatic carbocycles. The summed E-state index contributed by atoms with van der Waals surface area (Å²) in [6.07, 6.45) is 0.0209. The van der Waals surface area contributed by atoms with Crippen LogP contribution in [0.1, 0.15) is 31.9 Å². The summed E-state index contributed by atoms with van der Waals surface area (Å²) in [7, 11) is 0. The number of amides is 2. The van der Waals surface area contributed by atoms with E-state index in [1.54, 1.807) is 6.07 Å². The van der Waals surface area contributed by atoms with Crippen LogP contribution in [0.15, 0.2) is 58.7 Å². The number of carbonyl (C=O) groups is 2. The largest absolute Gasteiger partial charge is 0.312 e. The van der Waals surface area contributed by atoms with Crippen molar-refractivity contribution in [3.63, 3.8) is 0 Å². The van der Waals surface area contributed by atoms with Crippen LogP contribution in [0, 0.1) is 11.7 Å². The summed E-state index contributed by atoms with van der Waals surface area (Å²) in [5.41, 5.74) is 1.41. The zero-order valence-electron chi connectivity index (χ0n) is 19.6. The molecule has 36 heavy (non-hydrogen) atoms. The van der Waals surface area contributed by atoms with E-state index in [1.165, 1.54) is 51.3 Å². The van der Waals surface area contributed by atoms with Crippen molar-refractivity contribution < 1.29 is 14.0 Å². The Bertz CT molecular complexity index is 1480. The Morgan fingerprint density at radius 1 is 1.19 bits per heavy atom. The van der Waals surface area contributed by atoms with Crippen LogP contribution in [0.3, 0.4) is 0 Å². The van der Waals surface area contributed by atoms with E-state index in [9.17, 15) is 18.8 Å². The number of rotatable bonds is 6. The molecule has 0 aliphatic carbocycles. The van der Waals surface area contributed by atoms with Gasteiger partial charge < -0.3 is 10.2 Å². The molecule has 1 fully saturated rings. The Balaban J connectivity index is 1.45. The number of carbonyl (C=O) groups excluding carboxylic acids is 2. The molecule has 1 unspecified atom stereocenters. The number of H-pyrrole nitrogens is 1. The molecule has 1 aliphatic heterocycles. The second kappa shape index (κ2) is 9.50. The predicted octanol–water partition coefficient (Wildman–Crippen LogP) is 3.94. The minimum absolute atomic E-state index is 0.0124. The van der Waals surface area contributed by atoms with Gasteiger partial charge in [0.25, 0.3) is 5.56 Å². The number of nitrogens with one attached hydrogen (secondary N) is 2. The normalized spacial score (nSPS) is 15.6. The van der Waals surface area contributed by atoms with Gasteiger partial charge in [0.2, 0.25) is 17.8 Å². The van der Waals surface area contributed by atoms with Gasteiger partial charge in [-0.2, -0.15) is 9.78 Å². The van der Waals surface area contributed by atoms with Crippen LogP contribution in [0.4, 0.5) is 15.9 Å². The van der Waals surface area contributed by atoms with E-state index in [1.807, 2.05) is 31.4 Å². The maximum atomic E-state index is 13.3. The molecule has 1 atom stereocenters. The lowest BCUT2D eigenvalue weighted by atomic mass is 10.1. The van der Waals surface area contributed by atoms with Crippen molar-refractivity contribution in [3.8, 4) is 16.5 Å². The van der Waals surface area contributed by atoms with Gasteiger partial charge >= 0.3 is 0 Å². The first-order valence-corrected chi connectivity index (χ1v) is 12.3. The Kier molecular flexibility index (Phi) is 6.23. The summed E-state index contributed by atoms with van der Waals surface area (Å²) in [4.78, 5) is 47.7. The Labute approximate surface area is 209 Å². The fourth-order valence-electron chi connectivity index (χ4n) is 4.02. The smallest absolute Gasteiger partial charge is 0.252 e. The van der Waals surface area contributed by atoms with Crippen LogP contribution in [-0.4, -0.2) is 38.1 Å². The summed E-state index contributed by atoms with van der Waals surface area (Å²) in [5.74, 6) is -1.09.